The molecule has 0 rings (SSSR count). The van der Waals surface area contributed by atoms with Crippen LogP contribution in [0.3, 0.4) is 0 Å². The van der Waals surface area contributed by atoms with Crippen molar-refractivity contribution in [2.24, 2.45) is 5.90 Å². The van der Waals surface area contributed by atoms with Crippen LogP contribution in [0.2, 0.25) is 0 Å². The van der Waals surface area contributed by atoms with Gasteiger partial charge in [-0.05, 0) is 0 Å². The van der Waals surface area contributed by atoms with Gasteiger partial charge in [-0.2, -0.15) is 10.3 Å². The van der Waals surface area contributed by atoms with Gasteiger partial charge in [0, 0.05) is 0 Å². The molecular formula is H4CaClNO. The monoisotopic (exact) mass is 109 g/mol. The molecule has 0 heterocycles. The Hall–Kier alpha value is 1.47. The molecule has 0 aromatic rings. The Kier molecular flexibility index (Phi) is 20.0. The molecule has 0 aromatic heterocycles. The Morgan fingerprint density at radius 3 is 1.75 bits per heavy atom. The second-order valence-electron chi connectivity index (χ2n) is 0.0891. The fraction of sp³-hybridized carbons (Fsp3) is 0. The van der Waals surface area contributed by atoms with Gasteiger partial charge in [0.05, 0.1) is 11.9 Å². The zero-order chi connectivity index (χ0) is 2.71. The molecule has 0 radical (unpaired) electrons. The summed E-state index contributed by atoms with van der Waals surface area (Å²) in [6.45, 7) is 0. The van der Waals surface area contributed by atoms with Crippen LogP contribution in [0.1, 0.15) is 0 Å². The van der Waals surface area contributed by atoms with Crippen LogP contribution in [0.15, 0.2) is 0 Å². The number of rotatable bonds is 0. The van der Waals surface area contributed by atoms with E-state index in [4.69, 9.17) is 0 Å². The average molecular weight is 110 g/mol. The van der Waals surface area contributed by atoms with E-state index >= 15 is 0 Å². The van der Waals surface area contributed by atoms with E-state index in [2.05, 4.69) is 22.2 Å². The molecule has 0 aliphatic rings. The van der Waals surface area contributed by atoms with E-state index < -0.39 is 0 Å². The molecule has 0 amide bonds. The second kappa shape index (κ2) is 8.82. The third kappa shape index (κ3) is 9.80. The average Bonchev–Trinajstić information content (AvgIpc) is 0.918. The molecule has 24 valence electrons. The summed E-state index contributed by atoms with van der Waals surface area (Å²) in [4.78, 5) is 0. The van der Waals surface area contributed by atoms with Crippen molar-refractivity contribution in [3.8, 4) is 0 Å². The minimum absolute atomic E-state index is 0. The fourth-order valence-corrected chi connectivity index (χ4v) is 0. The maximum absolute atomic E-state index is 4.28. The molecule has 0 spiro atoms. The molecule has 0 aromatic carbocycles. The second-order valence-corrected chi connectivity index (χ2v) is 0.267. The third-order valence-electron chi connectivity index (χ3n) is 0. The third-order valence-corrected chi connectivity index (χ3v) is 0. The standard InChI is InChI=1S/Ca.ClH2NO.2H/c;1-3-2;;/h;2H2;;. The molecule has 2 nitrogen and oxygen atoms in total. The van der Waals surface area contributed by atoms with Crippen LogP contribution in [0.25, 0.3) is 0 Å². The molecule has 0 saturated carbocycles. The fourth-order valence-electron chi connectivity index (χ4n) is 0. The molecule has 0 aliphatic heterocycles. The first-order valence-electron chi connectivity index (χ1n) is 0.390. The van der Waals surface area contributed by atoms with Crippen LogP contribution >= 0.6 is 11.9 Å². The van der Waals surface area contributed by atoms with Gasteiger partial charge in [0.15, 0.2) is 0 Å². The molecule has 0 saturated heterocycles. The summed E-state index contributed by atoms with van der Waals surface area (Å²) in [5.74, 6) is 4.11. The van der Waals surface area contributed by atoms with Crippen molar-refractivity contribution in [1.82, 2.24) is 0 Å². The van der Waals surface area contributed by atoms with E-state index in [-0.39, 0.29) is 37.7 Å². The summed E-state index contributed by atoms with van der Waals surface area (Å²) >= 11 is 4.28. The van der Waals surface area contributed by atoms with E-state index in [0.29, 0.717) is 0 Å². The Morgan fingerprint density at radius 2 is 1.75 bits per heavy atom. The topological polar surface area (TPSA) is 35.2 Å². The maximum atomic E-state index is 4.28. The Bertz CT molecular complexity index is 8.00. The van der Waals surface area contributed by atoms with Gasteiger partial charge in [-0.3, -0.25) is 0 Å². The van der Waals surface area contributed by atoms with Crippen LogP contribution in [-0.2, 0) is 4.39 Å². The summed E-state index contributed by atoms with van der Waals surface area (Å²) < 4.78 is 3.22. The van der Waals surface area contributed by atoms with Gasteiger partial charge in [0.2, 0.25) is 0 Å². The van der Waals surface area contributed by atoms with Crippen LogP contribution < -0.4 is 5.90 Å². The van der Waals surface area contributed by atoms with E-state index in [9.17, 15) is 0 Å². The molecule has 4 heavy (non-hydrogen) atoms. The van der Waals surface area contributed by atoms with Gasteiger partial charge >= 0.3 is 37.7 Å². The Morgan fingerprint density at radius 1 is 1.75 bits per heavy atom. The first-order chi connectivity index (χ1) is 1.41. The SMILES string of the molecule is NOCl.[CaH2]. The number of hydrogen-bond acceptors (Lipinski definition) is 2. The first kappa shape index (κ1) is 9.08. The minimum atomic E-state index is 0. The molecule has 0 atom stereocenters. The van der Waals surface area contributed by atoms with E-state index in [1.54, 1.807) is 0 Å². The van der Waals surface area contributed by atoms with Gasteiger partial charge in [-0.25, -0.2) is 0 Å². The van der Waals surface area contributed by atoms with Crippen molar-refractivity contribution in [2.75, 3.05) is 0 Å². The molecular weight excluding hydrogens is 106 g/mol. The van der Waals surface area contributed by atoms with Crippen LogP contribution in [0.4, 0.5) is 0 Å². The van der Waals surface area contributed by atoms with Crippen molar-refractivity contribution in [3.05, 3.63) is 0 Å². The van der Waals surface area contributed by atoms with E-state index in [1.165, 1.54) is 0 Å². The predicted molar refractivity (Wildman–Crippen MR) is 19.7 cm³/mol. The molecule has 0 bridgehead atoms. The van der Waals surface area contributed by atoms with Crippen LogP contribution in [-0.4, -0.2) is 37.7 Å². The van der Waals surface area contributed by atoms with Crippen molar-refractivity contribution >= 4 is 49.6 Å². The Labute approximate surface area is 59.4 Å². The summed E-state index contributed by atoms with van der Waals surface area (Å²) in [7, 11) is 0. The van der Waals surface area contributed by atoms with Crippen molar-refractivity contribution in [3.63, 3.8) is 0 Å². The number of halogens is 1. The summed E-state index contributed by atoms with van der Waals surface area (Å²) in [6, 6.07) is 0. The van der Waals surface area contributed by atoms with Gasteiger partial charge < -0.3 is 0 Å². The molecule has 0 fully saturated rings. The van der Waals surface area contributed by atoms with Crippen molar-refractivity contribution < 1.29 is 4.39 Å². The van der Waals surface area contributed by atoms with E-state index in [1.807, 2.05) is 0 Å². The molecule has 4 heteroatoms. The van der Waals surface area contributed by atoms with Gasteiger partial charge in [-0.1, -0.05) is 0 Å². The van der Waals surface area contributed by atoms with E-state index in [0.717, 1.165) is 0 Å². The van der Waals surface area contributed by atoms with Gasteiger partial charge in [0.25, 0.3) is 0 Å². The first-order valence-corrected chi connectivity index (χ1v) is 0.699. The zero-order valence-corrected chi connectivity index (χ0v) is 2.12. The number of hydrogen-bond donors (Lipinski definition) is 1. The van der Waals surface area contributed by atoms with Crippen molar-refractivity contribution in [2.45, 2.75) is 0 Å². The molecule has 0 aliphatic carbocycles. The van der Waals surface area contributed by atoms with Crippen molar-refractivity contribution in [1.29, 1.82) is 0 Å². The summed E-state index contributed by atoms with van der Waals surface area (Å²) in [5, 5.41) is 0. The molecule has 0 unspecified atom stereocenters. The summed E-state index contributed by atoms with van der Waals surface area (Å²) in [5.41, 5.74) is 0. The Balaban J connectivity index is 0. The van der Waals surface area contributed by atoms with Gasteiger partial charge in [-0.15, -0.1) is 0 Å². The van der Waals surface area contributed by atoms with Crippen LogP contribution in [0.5, 0.6) is 0 Å². The quantitative estimate of drug-likeness (QED) is 0.324. The zero-order valence-electron chi connectivity index (χ0n) is 1.36. The van der Waals surface area contributed by atoms with Crippen LogP contribution in [0, 0.1) is 0 Å². The van der Waals surface area contributed by atoms with Gasteiger partial charge in [0.1, 0.15) is 0 Å². The summed E-state index contributed by atoms with van der Waals surface area (Å²) in [6.07, 6.45) is 0. The predicted octanol–water partition coefficient (Wildman–Crippen LogP) is -0.886. The normalized spacial score (nSPS) is 4.50. The molecule has 2 N–H and O–H groups in total. The number of nitrogens with two attached hydrogens (primary N) is 1.